The lowest BCUT2D eigenvalue weighted by atomic mass is 9.80. The van der Waals surface area contributed by atoms with E-state index in [0.717, 1.165) is 22.3 Å². The van der Waals surface area contributed by atoms with Crippen molar-refractivity contribution in [2.24, 2.45) is 0 Å². The maximum Gasteiger partial charge on any atom is 0.338 e. The summed E-state index contributed by atoms with van der Waals surface area (Å²) in [5, 5.41) is 0. The summed E-state index contributed by atoms with van der Waals surface area (Å²) in [6.07, 6.45) is -7.44. The molecule has 1 aliphatic rings. The zero-order valence-electron chi connectivity index (χ0n) is 31.8. The average molecular weight is 799 g/mol. The van der Waals surface area contributed by atoms with Gasteiger partial charge in [-0.05, 0) is 60.0 Å². The molecule has 0 radical (unpaired) electrons. The average Bonchev–Trinajstić information content (AvgIpc) is 3.27. The van der Waals surface area contributed by atoms with E-state index in [1.807, 2.05) is 97.9 Å². The topological polar surface area (TPSA) is 124 Å². The minimum absolute atomic E-state index is 0.148. The Hall–Kier alpha value is -5.95. The van der Waals surface area contributed by atoms with E-state index in [4.69, 9.17) is 27.9 Å². The van der Waals surface area contributed by atoms with Gasteiger partial charge in [0.2, 0.25) is 0 Å². The fraction of sp³-hybridized carbons (Fsp3) is 0.191. The van der Waals surface area contributed by atoms with E-state index in [1.54, 1.807) is 72.8 Å². The van der Waals surface area contributed by atoms with Crippen molar-refractivity contribution in [2.45, 2.75) is 48.1 Å². The maximum atomic E-state index is 14.2. The summed E-state index contributed by atoms with van der Waals surface area (Å²) in [6.45, 7) is 1.50. The third kappa shape index (κ3) is 8.79. The third-order valence-corrected chi connectivity index (χ3v) is 11.2. The predicted octanol–water partition coefficient (Wildman–Crippen LogP) is 7.90. The highest BCUT2D eigenvalue weighted by molar-refractivity contribution is 7.86. The van der Waals surface area contributed by atoms with Gasteiger partial charge in [-0.3, -0.25) is 4.18 Å². The molecule has 1 aliphatic heterocycles. The Morgan fingerprint density at radius 2 is 0.983 bits per heavy atom. The minimum atomic E-state index is -4.59. The highest BCUT2D eigenvalue weighted by Crippen LogP contribution is 2.42. The van der Waals surface area contributed by atoms with Crippen LogP contribution >= 0.6 is 0 Å². The number of carbonyl (C=O) groups excluding carboxylic acids is 2. The smallest absolute Gasteiger partial charge is 0.338 e. The Bertz CT molecular complexity index is 2260. The summed E-state index contributed by atoms with van der Waals surface area (Å²) in [5.74, 6) is -1.61. The first kappa shape index (κ1) is 40.3. The van der Waals surface area contributed by atoms with Crippen LogP contribution in [0.4, 0.5) is 0 Å². The Morgan fingerprint density at radius 1 is 0.569 bits per heavy atom. The number of ether oxygens (including phenoxy) is 5. The van der Waals surface area contributed by atoms with E-state index >= 15 is 0 Å². The lowest BCUT2D eigenvalue weighted by Gasteiger charge is -2.45. The van der Waals surface area contributed by atoms with Crippen LogP contribution < -0.4 is 0 Å². The maximum absolute atomic E-state index is 14.2. The van der Waals surface area contributed by atoms with E-state index < -0.39 is 58.4 Å². The second kappa shape index (κ2) is 18.1. The molecule has 5 atom stereocenters. The molecule has 1 saturated heterocycles. The van der Waals surface area contributed by atoms with Gasteiger partial charge in [-0.1, -0.05) is 145 Å². The monoisotopic (exact) mass is 798 g/mol. The van der Waals surface area contributed by atoms with Gasteiger partial charge in [0.25, 0.3) is 10.1 Å². The number of hydrogen-bond donors (Lipinski definition) is 0. The Balaban J connectivity index is 1.36. The first-order valence-electron chi connectivity index (χ1n) is 18.7. The number of esters is 2. The Kier molecular flexibility index (Phi) is 12.6. The molecule has 0 unspecified atom stereocenters. The van der Waals surface area contributed by atoms with Gasteiger partial charge in [-0.25, -0.2) is 9.59 Å². The summed E-state index contributed by atoms with van der Waals surface area (Å²) >= 11 is 0. The van der Waals surface area contributed by atoms with Crippen molar-refractivity contribution < 1.29 is 45.9 Å². The number of carbonyl (C=O) groups is 2. The normalized spacial score (nSPS) is 19.5. The molecule has 0 N–H and O–H groups in total. The van der Waals surface area contributed by atoms with Gasteiger partial charge in [0.05, 0.1) is 22.6 Å². The lowest BCUT2D eigenvalue weighted by Crippen LogP contribution is -2.63. The minimum Gasteiger partial charge on any atom is -0.452 e. The van der Waals surface area contributed by atoms with Crippen LogP contribution in [0.1, 0.15) is 43.0 Å². The van der Waals surface area contributed by atoms with Gasteiger partial charge >= 0.3 is 11.9 Å². The second-order valence-corrected chi connectivity index (χ2v) is 15.2. The van der Waals surface area contributed by atoms with Gasteiger partial charge in [-0.15, -0.1) is 0 Å². The van der Waals surface area contributed by atoms with Crippen molar-refractivity contribution in [3.05, 3.63) is 209 Å². The summed E-state index contributed by atoms with van der Waals surface area (Å²) in [5.41, 5.74) is 2.26. The van der Waals surface area contributed by atoms with Gasteiger partial charge in [0.1, 0.15) is 17.8 Å². The standard InChI is InChI=1S/C47H42O10S/c1-33-28-30-39(31-29-33)58(50,51)57-41-40(32-53-47(36-22-12-5-13-23-36,37-24-14-6-15-25-37)38-26-16-7-17-27-38)54-46(52-2)43(56-45(49)35-20-10-4-11-21-35)42(41)55-44(48)34-18-8-3-9-19-34/h3-31,40-43,46H,32H2,1-2H3/t40-,41+,42+,43+,46-/m0/s1. The first-order valence-corrected chi connectivity index (χ1v) is 20.1. The van der Waals surface area contributed by atoms with Gasteiger partial charge in [0, 0.05) is 7.11 Å². The van der Waals surface area contributed by atoms with E-state index in [-0.39, 0.29) is 22.6 Å². The van der Waals surface area contributed by atoms with Gasteiger partial charge in [0.15, 0.2) is 18.5 Å². The Morgan fingerprint density at radius 3 is 1.41 bits per heavy atom. The summed E-state index contributed by atoms with van der Waals surface area (Å²) in [7, 11) is -3.25. The van der Waals surface area contributed by atoms with Crippen molar-refractivity contribution in [1.29, 1.82) is 0 Å². The van der Waals surface area contributed by atoms with Crippen molar-refractivity contribution in [1.82, 2.24) is 0 Å². The molecule has 1 fully saturated rings. The molecule has 0 spiro atoms. The molecule has 6 aromatic carbocycles. The van der Waals surface area contributed by atoms with E-state index in [0.29, 0.717) is 0 Å². The molecule has 0 amide bonds. The van der Waals surface area contributed by atoms with Gasteiger partial charge in [-0.2, -0.15) is 8.42 Å². The molecular formula is C47H42O10S. The number of aryl methyl sites for hydroxylation is 1. The molecule has 0 saturated carbocycles. The molecule has 58 heavy (non-hydrogen) atoms. The van der Waals surface area contributed by atoms with Crippen LogP contribution in [0.15, 0.2) is 181 Å². The molecular weight excluding hydrogens is 757 g/mol. The Labute approximate surface area is 338 Å². The molecule has 0 aliphatic carbocycles. The van der Waals surface area contributed by atoms with Crippen LogP contribution in [-0.2, 0) is 43.6 Å². The first-order chi connectivity index (χ1) is 28.2. The number of rotatable bonds is 14. The van der Waals surface area contributed by atoms with Crippen LogP contribution in [0.2, 0.25) is 0 Å². The summed E-state index contributed by atoms with van der Waals surface area (Å²) in [4.78, 5) is 27.5. The molecule has 6 aromatic rings. The molecule has 0 aromatic heterocycles. The molecule has 1 heterocycles. The van der Waals surface area contributed by atoms with Crippen molar-refractivity contribution in [3.63, 3.8) is 0 Å². The van der Waals surface area contributed by atoms with Crippen LogP contribution in [0.3, 0.4) is 0 Å². The molecule has 10 nitrogen and oxygen atoms in total. The number of methoxy groups -OCH3 is 1. The van der Waals surface area contributed by atoms with Crippen molar-refractivity contribution in [3.8, 4) is 0 Å². The van der Waals surface area contributed by atoms with Crippen molar-refractivity contribution >= 4 is 22.1 Å². The van der Waals surface area contributed by atoms with E-state index in [1.165, 1.54) is 19.2 Å². The molecule has 296 valence electrons. The SMILES string of the molecule is CO[C@H]1O[C@@H](COC(c2ccccc2)(c2ccccc2)c2ccccc2)[C@@H](OS(=O)(=O)c2ccc(C)cc2)[C@@H](OC(=O)c2ccccc2)[C@H]1OC(=O)c1ccccc1. The molecule has 7 rings (SSSR count). The largest absolute Gasteiger partial charge is 0.452 e. The third-order valence-electron chi connectivity index (χ3n) is 9.88. The summed E-state index contributed by atoms with van der Waals surface area (Å²) in [6, 6.07) is 51.3. The van der Waals surface area contributed by atoms with Crippen LogP contribution in [0, 0.1) is 6.92 Å². The quantitative estimate of drug-likeness (QED) is 0.0611. The lowest BCUT2D eigenvalue weighted by molar-refractivity contribution is -0.292. The van der Waals surface area contributed by atoms with Crippen LogP contribution in [0.5, 0.6) is 0 Å². The van der Waals surface area contributed by atoms with E-state index in [9.17, 15) is 18.0 Å². The zero-order valence-corrected chi connectivity index (χ0v) is 32.6. The fourth-order valence-corrected chi connectivity index (χ4v) is 8.10. The van der Waals surface area contributed by atoms with Crippen LogP contribution in [0.25, 0.3) is 0 Å². The highest BCUT2D eigenvalue weighted by Gasteiger charge is 2.54. The summed E-state index contributed by atoms with van der Waals surface area (Å²) < 4.78 is 66.2. The number of hydrogen-bond acceptors (Lipinski definition) is 10. The highest BCUT2D eigenvalue weighted by atomic mass is 32.2. The second-order valence-electron chi connectivity index (χ2n) is 13.7. The fourth-order valence-electron chi connectivity index (χ4n) is 6.99. The molecule has 0 bridgehead atoms. The van der Waals surface area contributed by atoms with Gasteiger partial charge < -0.3 is 23.7 Å². The number of benzene rings is 6. The van der Waals surface area contributed by atoms with Crippen LogP contribution in [-0.4, -0.2) is 64.8 Å². The molecule has 11 heteroatoms. The zero-order chi connectivity index (χ0) is 40.5. The van der Waals surface area contributed by atoms with E-state index in [2.05, 4.69) is 0 Å². The van der Waals surface area contributed by atoms with Crippen molar-refractivity contribution in [2.75, 3.05) is 13.7 Å². The predicted molar refractivity (Wildman–Crippen MR) is 215 cm³/mol.